The Morgan fingerprint density at radius 3 is 2.75 bits per heavy atom. The molecule has 2 aromatic rings. The second-order valence-corrected chi connectivity index (χ2v) is 7.86. The molecule has 1 N–H and O–H groups in total. The van der Waals surface area contributed by atoms with E-state index in [1.165, 1.54) is 28.6 Å². The van der Waals surface area contributed by atoms with E-state index >= 15 is 0 Å². The van der Waals surface area contributed by atoms with Crippen molar-refractivity contribution in [3.8, 4) is 0 Å². The Balaban J connectivity index is 1.77. The van der Waals surface area contributed by atoms with Gasteiger partial charge in [-0.05, 0) is 60.4 Å². The number of hydrogen-bond donors (Lipinski definition) is 1. The van der Waals surface area contributed by atoms with Gasteiger partial charge in [-0.3, -0.25) is 9.10 Å². The second-order valence-electron chi connectivity index (χ2n) is 6.00. The minimum atomic E-state index is -3.76. The molecule has 0 aliphatic carbocycles. The average molecular weight is 346 g/mol. The number of sulfonamides is 1. The molecular formula is C17H15FN2O3S. The topological polar surface area (TPSA) is 66.5 Å². The number of carbonyl (C=O) groups is 1. The van der Waals surface area contributed by atoms with Gasteiger partial charge in [0.15, 0.2) is 0 Å². The second kappa shape index (κ2) is 5.31. The third kappa shape index (κ3) is 2.36. The van der Waals surface area contributed by atoms with E-state index in [0.717, 1.165) is 0 Å². The number of hydrogen-bond acceptors (Lipinski definition) is 3. The molecule has 0 saturated heterocycles. The van der Waals surface area contributed by atoms with Crippen LogP contribution in [0.4, 0.5) is 15.8 Å². The molecule has 2 aliphatic heterocycles. The van der Waals surface area contributed by atoms with Crippen molar-refractivity contribution < 1.29 is 17.6 Å². The minimum Gasteiger partial charge on any atom is -0.326 e. The highest BCUT2D eigenvalue weighted by Gasteiger charge is 2.30. The highest BCUT2D eigenvalue weighted by Crippen LogP contribution is 2.34. The van der Waals surface area contributed by atoms with Gasteiger partial charge in [0.1, 0.15) is 5.82 Å². The average Bonchev–Trinajstić information content (AvgIpc) is 2.93. The third-order valence-corrected chi connectivity index (χ3v) is 6.22. The summed E-state index contributed by atoms with van der Waals surface area (Å²) in [5.41, 5.74) is 2.55. The first-order chi connectivity index (χ1) is 11.4. The summed E-state index contributed by atoms with van der Waals surface area (Å²) in [4.78, 5) is 11.6. The summed E-state index contributed by atoms with van der Waals surface area (Å²) < 4.78 is 40.8. The molecule has 0 spiro atoms. The van der Waals surface area contributed by atoms with Gasteiger partial charge in [0.25, 0.3) is 10.0 Å². The Hall–Kier alpha value is -2.41. The number of nitrogens with zero attached hydrogens (tertiary/aromatic N) is 1. The summed E-state index contributed by atoms with van der Waals surface area (Å²) in [7, 11) is -3.76. The highest BCUT2D eigenvalue weighted by molar-refractivity contribution is 7.92. The van der Waals surface area contributed by atoms with Crippen LogP contribution in [0, 0.1) is 5.82 Å². The van der Waals surface area contributed by atoms with Gasteiger partial charge < -0.3 is 5.32 Å². The van der Waals surface area contributed by atoms with Gasteiger partial charge in [0.05, 0.1) is 17.0 Å². The monoisotopic (exact) mass is 346 g/mol. The predicted molar refractivity (Wildman–Crippen MR) is 88.0 cm³/mol. The van der Waals surface area contributed by atoms with E-state index in [2.05, 4.69) is 5.32 Å². The molecule has 2 aromatic carbocycles. The van der Waals surface area contributed by atoms with E-state index in [1.54, 1.807) is 12.1 Å². The Morgan fingerprint density at radius 1 is 1.08 bits per heavy atom. The van der Waals surface area contributed by atoms with Crippen LogP contribution in [-0.2, 0) is 27.7 Å². The lowest BCUT2D eigenvalue weighted by atomic mass is 10.0. The quantitative estimate of drug-likeness (QED) is 0.908. The van der Waals surface area contributed by atoms with Crippen molar-refractivity contribution in [3.63, 3.8) is 0 Å². The van der Waals surface area contributed by atoms with E-state index in [1.807, 2.05) is 0 Å². The Morgan fingerprint density at radius 2 is 1.92 bits per heavy atom. The van der Waals surface area contributed by atoms with Gasteiger partial charge >= 0.3 is 0 Å². The molecule has 0 bridgehead atoms. The van der Waals surface area contributed by atoms with Crippen molar-refractivity contribution in [1.29, 1.82) is 0 Å². The Bertz CT molecular complexity index is 956. The van der Waals surface area contributed by atoms with Gasteiger partial charge in [-0.25, -0.2) is 12.8 Å². The molecule has 7 heteroatoms. The fourth-order valence-corrected chi connectivity index (χ4v) is 4.87. The molecule has 2 aliphatic rings. The summed E-state index contributed by atoms with van der Waals surface area (Å²) in [6.45, 7) is 0.356. The van der Waals surface area contributed by atoms with Gasteiger partial charge in [0, 0.05) is 12.2 Å². The third-order valence-electron chi connectivity index (χ3n) is 4.41. The number of fused-ring (bicyclic) bond motifs is 2. The van der Waals surface area contributed by atoms with E-state index in [-0.39, 0.29) is 23.0 Å². The largest absolute Gasteiger partial charge is 0.326 e. The summed E-state index contributed by atoms with van der Waals surface area (Å²) >= 11 is 0. The maximum absolute atomic E-state index is 13.4. The molecule has 0 aromatic heterocycles. The summed E-state index contributed by atoms with van der Waals surface area (Å²) in [5, 5.41) is 2.69. The molecule has 0 fully saturated rings. The Labute approximate surface area is 139 Å². The number of nitrogens with one attached hydrogen (secondary N) is 1. The number of aryl methyl sites for hydroxylation is 1. The van der Waals surface area contributed by atoms with Gasteiger partial charge in [0.2, 0.25) is 5.91 Å². The van der Waals surface area contributed by atoms with E-state index in [4.69, 9.17) is 0 Å². The lowest BCUT2D eigenvalue weighted by Gasteiger charge is -2.30. The predicted octanol–water partition coefficient (Wildman–Crippen LogP) is 2.46. The van der Waals surface area contributed by atoms with Crippen LogP contribution >= 0.6 is 0 Å². The molecule has 5 nitrogen and oxygen atoms in total. The first kappa shape index (κ1) is 15.1. The fraction of sp³-hybridized carbons (Fsp3) is 0.235. The normalized spacial score (nSPS) is 16.5. The molecule has 2 heterocycles. The van der Waals surface area contributed by atoms with Crippen LogP contribution in [0.3, 0.4) is 0 Å². The SMILES string of the molecule is O=C1Cc2cc(S(=O)(=O)N3CCCc4cc(F)ccc43)ccc2N1. The minimum absolute atomic E-state index is 0.140. The molecular weight excluding hydrogens is 331 g/mol. The smallest absolute Gasteiger partial charge is 0.264 e. The molecule has 4 rings (SSSR count). The van der Waals surface area contributed by atoms with E-state index in [9.17, 15) is 17.6 Å². The van der Waals surface area contributed by atoms with E-state index in [0.29, 0.717) is 41.9 Å². The van der Waals surface area contributed by atoms with Crippen LogP contribution in [0.5, 0.6) is 0 Å². The van der Waals surface area contributed by atoms with Crippen LogP contribution in [-0.4, -0.2) is 20.9 Å². The molecule has 0 saturated carbocycles. The number of halogens is 1. The molecule has 0 atom stereocenters. The number of rotatable bonds is 2. The highest BCUT2D eigenvalue weighted by atomic mass is 32.2. The molecule has 1 amide bonds. The van der Waals surface area contributed by atoms with Crippen LogP contribution in [0.25, 0.3) is 0 Å². The zero-order chi connectivity index (χ0) is 16.9. The maximum atomic E-state index is 13.4. The fourth-order valence-electron chi connectivity index (χ4n) is 3.27. The molecule has 0 radical (unpaired) electrons. The standard InChI is InChI=1S/C17H15FN2O3S/c18-13-3-6-16-11(8-13)2-1-7-20(16)24(22,23)14-4-5-15-12(9-14)10-17(21)19-15/h3-6,8-9H,1-2,7,10H2,(H,19,21). The first-order valence-electron chi connectivity index (χ1n) is 7.69. The lowest BCUT2D eigenvalue weighted by molar-refractivity contribution is -0.115. The van der Waals surface area contributed by atoms with Crippen molar-refractivity contribution in [2.75, 3.05) is 16.2 Å². The first-order valence-corrected chi connectivity index (χ1v) is 9.13. The maximum Gasteiger partial charge on any atom is 0.264 e. The van der Waals surface area contributed by atoms with Crippen molar-refractivity contribution in [3.05, 3.63) is 53.3 Å². The zero-order valence-electron chi connectivity index (χ0n) is 12.8. The zero-order valence-corrected chi connectivity index (χ0v) is 13.6. The molecule has 124 valence electrons. The molecule has 24 heavy (non-hydrogen) atoms. The van der Waals surface area contributed by atoms with Crippen molar-refractivity contribution in [2.24, 2.45) is 0 Å². The van der Waals surface area contributed by atoms with Crippen LogP contribution in [0.15, 0.2) is 41.3 Å². The van der Waals surface area contributed by atoms with Crippen LogP contribution in [0.2, 0.25) is 0 Å². The van der Waals surface area contributed by atoms with Crippen molar-refractivity contribution in [2.45, 2.75) is 24.2 Å². The number of anilines is 2. The van der Waals surface area contributed by atoms with Gasteiger partial charge in [-0.2, -0.15) is 0 Å². The summed E-state index contributed by atoms with van der Waals surface area (Å²) in [6.07, 6.45) is 1.48. The van der Waals surface area contributed by atoms with Crippen LogP contribution in [0.1, 0.15) is 17.5 Å². The van der Waals surface area contributed by atoms with Crippen molar-refractivity contribution in [1.82, 2.24) is 0 Å². The number of benzene rings is 2. The van der Waals surface area contributed by atoms with Gasteiger partial charge in [-0.15, -0.1) is 0 Å². The summed E-state index contributed by atoms with van der Waals surface area (Å²) in [5.74, 6) is -0.506. The van der Waals surface area contributed by atoms with Gasteiger partial charge in [-0.1, -0.05) is 0 Å². The summed E-state index contributed by atoms with van der Waals surface area (Å²) in [6, 6.07) is 8.83. The van der Waals surface area contributed by atoms with E-state index < -0.39 is 10.0 Å². The number of amides is 1. The van der Waals surface area contributed by atoms with Crippen LogP contribution < -0.4 is 9.62 Å². The Kier molecular flexibility index (Phi) is 3.35. The van der Waals surface area contributed by atoms with Crippen molar-refractivity contribution >= 4 is 27.3 Å². The lowest BCUT2D eigenvalue weighted by Crippen LogP contribution is -2.35. The molecule has 0 unspecified atom stereocenters. The number of carbonyl (C=O) groups excluding carboxylic acids is 1.